The standard InChI is InChI=1S/C19H19N3O2/c1-12-5-6-17-16(8-12)22(11-13(2)24-17)18(23)9-14-10-21-19-15(14)4-3-7-20-19/h3-8,10,13H,9,11H2,1-2H3,(H,20,21). The number of hydrogen-bond acceptors (Lipinski definition) is 3. The first kappa shape index (κ1) is 14.8. The fourth-order valence-electron chi connectivity index (χ4n) is 3.20. The number of benzene rings is 1. The highest BCUT2D eigenvalue weighted by atomic mass is 16.5. The van der Waals surface area contributed by atoms with E-state index in [0.29, 0.717) is 13.0 Å². The Morgan fingerprint density at radius 3 is 3.17 bits per heavy atom. The Bertz CT molecular complexity index is 916. The summed E-state index contributed by atoms with van der Waals surface area (Å²) in [5, 5.41) is 0.997. The first-order chi connectivity index (χ1) is 11.6. The van der Waals surface area contributed by atoms with E-state index in [9.17, 15) is 4.79 Å². The zero-order chi connectivity index (χ0) is 16.7. The van der Waals surface area contributed by atoms with Crippen molar-refractivity contribution in [3.05, 3.63) is 53.9 Å². The molecule has 0 fully saturated rings. The molecule has 0 bridgehead atoms. The Balaban J connectivity index is 1.66. The van der Waals surface area contributed by atoms with Crippen LogP contribution in [0, 0.1) is 6.92 Å². The van der Waals surface area contributed by atoms with Gasteiger partial charge in [0, 0.05) is 17.8 Å². The lowest BCUT2D eigenvalue weighted by Crippen LogP contribution is -2.43. The van der Waals surface area contributed by atoms with Crippen LogP contribution in [0.3, 0.4) is 0 Å². The molecule has 5 heteroatoms. The third kappa shape index (κ3) is 2.52. The van der Waals surface area contributed by atoms with Crippen LogP contribution < -0.4 is 9.64 Å². The second-order valence-electron chi connectivity index (χ2n) is 6.29. The quantitative estimate of drug-likeness (QED) is 0.788. The lowest BCUT2D eigenvalue weighted by molar-refractivity contribution is -0.118. The van der Waals surface area contributed by atoms with Crippen LogP contribution >= 0.6 is 0 Å². The second-order valence-corrected chi connectivity index (χ2v) is 6.29. The first-order valence-corrected chi connectivity index (χ1v) is 8.10. The van der Waals surface area contributed by atoms with Crippen molar-refractivity contribution in [2.75, 3.05) is 11.4 Å². The molecular weight excluding hydrogens is 302 g/mol. The van der Waals surface area contributed by atoms with Crippen LogP contribution in [0.1, 0.15) is 18.1 Å². The predicted molar refractivity (Wildman–Crippen MR) is 93.4 cm³/mol. The number of hydrogen-bond donors (Lipinski definition) is 1. The zero-order valence-electron chi connectivity index (χ0n) is 13.7. The van der Waals surface area contributed by atoms with Gasteiger partial charge in [-0.2, -0.15) is 0 Å². The van der Waals surface area contributed by atoms with Crippen LogP contribution in [0.2, 0.25) is 0 Å². The van der Waals surface area contributed by atoms with Gasteiger partial charge in [0.15, 0.2) is 0 Å². The van der Waals surface area contributed by atoms with Crippen LogP contribution in [-0.4, -0.2) is 28.5 Å². The molecule has 1 atom stereocenters. The molecule has 2 aromatic heterocycles. The minimum atomic E-state index is -0.0196. The van der Waals surface area contributed by atoms with Crippen LogP contribution in [-0.2, 0) is 11.2 Å². The highest BCUT2D eigenvalue weighted by Crippen LogP contribution is 2.34. The summed E-state index contributed by atoms with van der Waals surface area (Å²) in [5.74, 6) is 0.843. The molecule has 1 aromatic carbocycles. The highest BCUT2D eigenvalue weighted by molar-refractivity contribution is 5.98. The number of rotatable bonds is 2. The Labute approximate surface area is 140 Å². The summed E-state index contributed by atoms with van der Waals surface area (Å²) in [4.78, 5) is 22.2. The van der Waals surface area contributed by atoms with E-state index in [1.165, 1.54) is 0 Å². The van der Waals surface area contributed by atoms with Gasteiger partial charge < -0.3 is 14.6 Å². The molecule has 1 aliphatic rings. The molecule has 1 aliphatic heterocycles. The van der Waals surface area contributed by atoms with Crippen LogP contribution in [0.5, 0.6) is 5.75 Å². The average Bonchev–Trinajstić information content (AvgIpc) is 2.98. The average molecular weight is 321 g/mol. The largest absolute Gasteiger partial charge is 0.487 e. The third-order valence-corrected chi connectivity index (χ3v) is 4.35. The maximum absolute atomic E-state index is 13.0. The van der Waals surface area contributed by atoms with Gasteiger partial charge in [0.25, 0.3) is 0 Å². The molecular formula is C19H19N3O2. The summed E-state index contributed by atoms with van der Waals surface area (Å²) in [6.45, 7) is 4.57. The van der Waals surface area contributed by atoms with E-state index in [1.54, 1.807) is 6.20 Å². The summed E-state index contributed by atoms with van der Waals surface area (Å²) in [6, 6.07) is 9.83. The number of carbonyl (C=O) groups excluding carboxylic acids is 1. The van der Waals surface area contributed by atoms with Gasteiger partial charge in [0.05, 0.1) is 18.7 Å². The van der Waals surface area contributed by atoms with Gasteiger partial charge in [-0.05, 0) is 49.2 Å². The molecule has 3 aromatic rings. The van der Waals surface area contributed by atoms with Crippen molar-refractivity contribution < 1.29 is 9.53 Å². The second kappa shape index (κ2) is 5.67. The molecule has 0 saturated heterocycles. The van der Waals surface area contributed by atoms with Crippen molar-refractivity contribution in [2.24, 2.45) is 0 Å². The van der Waals surface area contributed by atoms with Crippen molar-refractivity contribution in [3.63, 3.8) is 0 Å². The van der Waals surface area contributed by atoms with Crippen molar-refractivity contribution >= 4 is 22.6 Å². The molecule has 0 saturated carbocycles. The number of nitrogens with zero attached hydrogens (tertiary/aromatic N) is 2. The number of carbonyl (C=O) groups is 1. The third-order valence-electron chi connectivity index (χ3n) is 4.35. The lowest BCUT2D eigenvalue weighted by Gasteiger charge is -2.33. The van der Waals surface area contributed by atoms with Gasteiger partial charge in [-0.15, -0.1) is 0 Å². The summed E-state index contributed by atoms with van der Waals surface area (Å²) in [7, 11) is 0. The summed E-state index contributed by atoms with van der Waals surface area (Å²) < 4.78 is 5.86. The van der Waals surface area contributed by atoms with E-state index in [4.69, 9.17) is 4.74 Å². The van der Waals surface area contributed by atoms with Crippen molar-refractivity contribution in [1.82, 2.24) is 9.97 Å². The molecule has 122 valence electrons. The Morgan fingerprint density at radius 1 is 1.42 bits per heavy atom. The number of anilines is 1. The number of amides is 1. The van der Waals surface area contributed by atoms with Crippen LogP contribution in [0.15, 0.2) is 42.7 Å². The Hall–Kier alpha value is -2.82. The molecule has 0 spiro atoms. The number of aromatic amines is 1. The van der Waals surface area contributed by atoms with Gasteiger partial charge >= 0.3 is 0 Å². The summed E-state index contributed by atoms with van der Waals surface area (Å²) in [5.41, 5.74) is 3.75. The smallest absolute Gasteiger partial charge is 0.231 e. The summed E-state index contributed by atoms with van der Waals surface area (Å²) >= 11 is 0. The highest BCUT2D eigenvalue weighted by Gasteiger charge is 2.28. The molecule has 5 nitrogen and oxygen atoms in total. The van der Waals surface area contributed by atoms with Gasteiger partial charge in [-0.25, -0.2) is 4.98 Å². The molecule has 3 heterocycles. The fourth-order valence-corrected chi connectivity index (χ4v) is 3.20. The predicted octanol–water partition coefficient (Wildman–Crippen LogP) is 3.23. The van der Waals surface area contributed by atoms with Crippen molar-refractivity contribution in [2.45, 2.75) is 26.4 Å². The van der Waals surface area contributed by atoms with E-state index in [0.717, 1.165) is 33.6 Å². The van der Waals surface area contributed by atoms with Gasteiger partial charge in [0.2, 0.25) is 5.91 Å². The van der Waals surface area contributed by atoms with Gasteiger partial charge in [-0.1, -0.05) is 6.07 Å². The zero-order valence-corrected chi connectivity index (χ0v) is 13.7. The van der Waals surface area contributed by atoms with Gasteiger partial charge in [-0.3, -0.25) is 4.79 Å². The molecule has 1 N–H and O–H groups in total. The molecule has 0 aliphatic carbocycles. The maximum atomic E-state index is 13.0. The minimum Gasteiger partial charge on any atom is -0.487 e. The van der Waals surface area contributed by atoms with Crippen LogP contribution in [0.25, 0.3) is 11.0 Å². The Morgan fingerprint density at radius 2 is 2.29 bits per heavy atom. The topological polar surface area (TPSA) is 58.2 Å². The minimum absolute atomic E-state index is 0.0196. The Kier molecular flexibility index (Phi) is 3.49. The molecule has 0 radical (unpaired) electrons. The number of H-pyrrole nitrogens is 1. The molecule has 24 heavy (non-hydrogen) atoms. The fraction of sp³-hybridized carbons (Fsp3) is 0.263. The number of aryl methyl sites for hydroxylation is 1. The first-order valence-electron chi connectivity index (χ1n) is 8.10. The SMILES string of the molecule is Cc1ccc2c(c1)N(C(=O)Cc1c[nH]c3ncccc13)CC(C)O2. The van der Waals surface area contributed by atoms with Crippen LogP contribution in [0.4, 0.5) is 5.69 Å². The number of fused-ring (bicyclic) bond motifs is 2. The van der Waals surface area contributed by atoms with Crippen molar-refractivity contribution in [3.8, 4) is 5.75 Å². The number of aromatic nitrogens is 2. The molecule has 4 rings (SSSR count). The van der Waals surface area contributed by atoms with E-state index in [-0.39, 0.29) is 12.0 Å². The number of nitrogens with one attached hydrogen (secondary N) is 1. The lowest BCUT2D eigenvalue weighted by atomic mass is 10.1. The van der Waals surface area contributed by atoms with Crippen molar-refractivity contribution in [1.29, 1.82) is 0 Å². The van der Waals surface area contributed by atoms with E-state index < -0.39 is 0 Å². The van der Waals surface area contributed by atoms with E-state index in [1.807, 2.05) is 55.3 Å². The number of pyridine rings is 1. The number of ether oxygens (including phenoxy) is 1. The van der Waals surface area contributed by atoms with Gasteiger partial charge in [0.1, 0.15) is 17.5 Å². The molecule has 1 unspecified atom stereocenters. The summed E-state index contributed by atoms with van der Waals surface area (Å²) in [6.07, 6.45) is 3.93. The maximum Gasteiger partial charge on any atom is 0.231 e. The van der Waals surface area contributed by atoms with E-state index in [2.05, 4.69) is 9.97 Å². The normalized spacial score (nSPS) is 16.8. The van der Waals surface area contributed by atoms with E-state index >= 15 is 0 Å². The molecule has 1 amide bonds. The monoisotopic (exact) mass is 321 g/mol.